The van der Waals surface area contributed by atoms with Gasteiger partial charge < -0.3 is 15.7 Å². The van der Waals surface area contributed by atoms with Crippen molar-refractivity contribution in [3.63, 3.8) is 0 Å². The first-order valence-corrected chi connectivity index (χ1v) is 6.23. The van der Waals surface area contributed by atoms with Crippen LogP contribution in [0, 0.1) is 6.92 Å². The van der Waals surface area contributed by atoms with E-state index in [1.54, 1.807) is 18.7 Å². The quantitative estimate of drug-likeness (QED) is 0.814. The predicted octanol–water partition coefficient (Wildman–Crippen LogP) is 0.271. The number of carboxylic acids is 1. The molecule has 1 aromatic heterocycles. The summed E-state index contributed by atoms with van der Waals surface area (Å²) in [4.78, 5) is 24.4. The molecule has 1 aliphatic rings. The Morgan fingerprint density at radius 3 is 2.79 bits per heavy atom. The van der Waals surface area contributed by atoms with Crippen molar-refractivity contribution in [2.24, 2.45) is 12.8 Å². The van der Waals surface area contributed by atoms with Gasteiger partial charge in [-0.3, -0.25) is 14.3 Å². The number of nitrogens with two attached hydrogens (primary N) is 1. The summed E-state index contributed by atoms with van der Waals surface area (Å²) in [5.41, 5.74) is 6.37. The Hall–Kier alpha value is -2.05. The number of carbonyl (C=O) groups is 2. The molecule has 0 radical (unpaired) electrons. The molecule has 0 saturated carbocycles. The SMILES string of the molecule is Cc1nn(C)c(N2CCCC2CC(=O)O)c1C(N)=O. The Morgan fingerprint density at radius 2 is 2.21 bits per heavy atom. The lowest BCUT2D eigenvalue weighted by Crippen LogP contribution is -2.34. The lowest BCUT2D eigenvalue weighted by atomic mass is 10.1. The third-order valence-corrected chi connectivity index (χ3v) is 3.50. The van der Waals surface area contributed by atoms with Crippen LogP contribution in [0.3, 0.4) is 0 Å². The van der Waals surface area contributed by atoms with Crippen molar-refractivity contribution in [1.82, 2.24) is 9.78 Å². The van der Waals surface area contributed by atoms with Crippen molar-refractivity contribution in [3.05, 3.63) is 11.3 Å². The normalized spacial score (nSPS) is 18.8. The summed E-state index contributed by atoms with van der Waals surface area (Å²) in [6.45, 7) is 2.45. The summed E-state index contributed by atoms with van der Waals surface area (Å²) in [5.74, 6) is -0.730. The van der Waals surface area contributed by atoms with Gasteiger partial charge in [0.1, 0.15) is 11.4 Å². The number of amides is 1. The first-order valence-electron chi connectivity index (χ1n) is 6.23. The number of carboxylic acid groups (broad SMARTS) is 1. The van der Waals surface area contributed by atoms with Gasteiger partial charge in [0.15, 0.2) is 0 Å². The van der Waals surface area contributed by atoms with Gasteiger partial charge in [0.25, 0.3) is 5.91 Å². The number of rotatable bonds is 4. The molecule has 0 bridgehead atoms. The summed E-state index contributed by atoms with van der Waals surface area (Å²) in [6.07, 6.45) is 1.76. The van der Waals surface area contributed by atoms with Crippen LogP contribution in [-0.4, -0.2) is 39.4 Å². The van der Waals surface area contributed by atoms with Crippen LogP contribution < -0.4 is 10.6 Å². The third kappa shape index (κ3) is 2.40. The number of aryl methyl sites for hydroxylation is 2. The largest absolute Gasteiger partial charge is 0.481 e. The molecule has 1 fully saturated rings. The van der Waals surface area contributed by atoms with Crippen LogP contribution >= 0.6 is 0 Å². The van der Waals surface area contributed by atoms with E-state index in [1.807, 2.05) is 4.90 Å². The molecule has 1 aliphatic heterocycles. The van der Waals surface area contributed by atoms with E-state index in [0.717, 1.165) is 19.4 Å². The van der Waals surface area contributed by atoms with Gasteiger partial charge in [-0.25, -0.2) is 0 Å². The highest BCUT2D eigenvalue weighted by molar-refractivity contribution is 5.99. The Kier molecular flexibility index (Phi) is 3.46. The van der Waals surface area contributed by atoms with Gasteiger partial charge in [0.05, 0.1) is 12.1 Å². The lowest BCUT2D eigenvalue weighted by molar-refractivity contribution is -0.137. The topological polar surface area (TPSA) is 101 Å². The van der Waals surface area contributed by atoms with E-state index in [-0.39, 0.29) is 12.5 Å². The minimum Gasteiger partial charge on any atom is -0.481 e. The molecule has 3 N–H and O–H groups in total. The van der Waals surface area contributed by atoms with Gasteiger partial charge in [-0.05, 0) is 19.8 Å². The molecular weight excluding hydrogens is 248 g/mol. The first-order chi connectivity index (χ1) is 8.91. The van der Waals surface area contributed by atoms with Crippen molar-refractivity contribution in [2.45, 2.75) is 32.2 Å². The zero-order chi connectivity index (χ0) is 14.2. The lowest BCUT2D eigenvalue weighted by Gasteiger charge is -2.26. The van der Waals surface area contributed by atoms with E-state index in [0.29, 0.717) is 17.1 Å². The van der Waals surface area contributed by atoms with Crippen LogP contribution in [-0.2, 0) is 11.8 Å². The minimum absolute atomic E-state index is 0.0580. The van der Waals surface area contributed by atoms with Crippen molar-refractivity contribution in [1.29, 1.82) is 0 Å². The number of nitrogens with zero attached hydrogens (tertiary/aromatic N) is 3. The van der Waals surface area contributed by atoms with E-state index in [2.05, 4.69) is 5.10 Å². The van der Waals surface area contributed by atoms with Gasteiger partial charge >= 0.3 is 5.97 Å². The van der Waals surface area contributed by atoms with Crippen LogP contribution in [0.2, 0.25) is 0 Å². The van der Waals surface area contributed by atoms with E-state index >= 15 is 0 Å². The van der Waals surface area contributed by atoms with Crippen LogP contribution in [0.5, 0.6) is 0 Å². The second kappa shape index (κ2) is 4.91. The van der Waals surface area contributed by atoms with Crippen LogP contribution in [0.15, 0.2) is 0 Å². The molecule has 1 unspecified atom stereocenters. The molecule has 104 valence electrons. The third-order valence-electron chi connectivity index (χ3n) is 3.50. The van der Waals surface area contributed by atoms with Crippen molar-refractivity contribution >= 4 is 17.7 Å². The van der Waals surface area contributed by atoms with E-state index in [9.17, 15) is 9.59 Å². The average Bonchev–Trinajstić information content (AvgIpc) is 2.81. The van der Waals surface area contributed by atoms with E-state index < -0.39 is 11.9 Å². The van der Waals surface area contributed by atoms with Crippen LogP contribution in [0.1, 0.15) is 35.3 Å². The number of anilines is 1. The zero-order valence-corrected chi connectivity index (χ0v) is 11.1. The first kappa shape index (κ1) is 13.4. The summed E-state index contributed by atoms with van der Waals surface area (Å²) < 4.78 is 1.61. The molecule has 2 heterocycles. The molecule has 7 nitrogen and oxygen atoms in total. The maximum Gasteiger partial charge on any atom is 0.305 e. The van der Waals surface area contributed by atoms with E-state index in [1.165, 1.54) is 0 Å². The summed E-state index contributed by atoms with van der Waals surface area (Å²) in [6, 6.07) is -0.106. The highest BCUT2D eigenvalue weighted by Gasteiger charge is 2.32. The predicted molar refractivity (Wildman–Crippen MR) is 69.1 cm³/mol. The van der Waals surface area contributed by atoms with Gasteiger partial charge in [0, 0.05) is 19.6 Å². The molecule has 1 aromatic rings. The second-order valence-corrected chi connectivity index (χ2v) is 4.86. The standard InChI is InChI=1S/C12H18N4O3/c1-7-10(11(13)19)12(15(2)14-7)16-5-3-4-8(16)6-9(17)18/h8H,3-6H2,1-2H3,(H2,13,19)(H,17,18). The Labute approximate surface area is 111 Å². The number of hydrogen-bond acceptors (Lipinski definition) is 4. The van der Waals surface area contributed by atoms with Crippen molar-refractivity contribution in [3.8, 4) is 0 Å². The Balaban J connectivity index is 2.40. The Bertz CT molecular complexity index is 523. The molecule has 2 rings (SSSR count). The van der Waals surface area contributed by atoms with Gasteiger partial charge in [-0.1, -0.05) is 0 Å². The molecule has 0 aromatic carbocycles. The molecule has 1 amide bonds. The fourth-order valence-corrected chi connectivity index (χ4v) is 2.79. The minimum atomic E-state index is -0.837. The number of hydrogen-bond donors (Lipinski definition) is 2. The Morgan fingerprint density at radius 1 is 1.53 bits per heavy atom. The summed E-state index contributed by atoms with van der Waals surface area (Å²) in [7, 11) is 1.74. The van der Waals surface area contributed by atoms with Crippen molar-refractivity contribution < 1.29 is 14.7 Å². The van der Waals surface area contributed by atoms with E-state index in [4.69, 9.17) is 10.8 Å². The summed E-state index contributed by atoms with van der Waals surface area (Å²) in [5, 5.41) is 13.2. The smallest absolute Gasteiger partial charge is 0.305 e. The molecule has 1 atom stereocenters. The maximum atomic E-state index is 11.6. The highest BCUT2D eigenvalue weighted by atomic mass is 16.4. The second-order valence-electron chi connectivity index (χ2n) is 4.86. The van der Waals surface area contributed by atoms with Crippen molar-refractivity contribution in [2.75, 3.05) is 11.4 Å². The summed E-state index contributed by atoms with van der Waals surface area (Å²) >= 11 is 0. The number of aliphatic carboxylic acids is 1. The molecular formula is C12H18N4O3. The fourth-order valence-electron chi connectivity index (χ4n) is 2.79. The highest BCUT2D eigenvalue weighted by Crippen LogP contribution is 2.31. The molecule has 0 aliphatic carbocycles. The van der Waals surface area contributed by atoms with Gasteiger partial charge in [-0.2, -0.15) is 5.10 Å². The van der Waals surface area contributed by atoms with Gasteiger partial charge in [-0.15, -0.1) is 0 Å². The molecule has 19 heavy (non-hydrogen) atoms. The fraction of sp³-hybridized carbons (Fsp3) is 0.583. The van der Waals surface area contributed by atoms with Gasteiger partial charge in [0.2, 0.25) is 0 Å². The molecule has 7 heteroatoms. The number of aromatic nitrogens is 2. The van der Waals surface area contributed by atoms with Crippen LogP contribution in [0.4, 0.5) is 5.82 Å². The zero-order valence-electron chi connectivity index (χ0n) is 11.1. The average molecular weight is 266 g/mol. The molecule has 1 saturated heterocycles. The number of primary amides is 1. The number of carbonyl (C=O) groups excluding carboxylic acids is 1. The maximum absolute atomic E-state index is 11.6. The monoisotopic (exact) mass is 266 g/mol. The molecule has 0 spiro atoms. The van der Waals surface area contributed by atoms with Crippen LogP contribution in [0.25, 0.3) is 0 Å².